The number of aliphatic hydroxyl groups excluding tert-OH is 1. The molecule has 3 aromatic carbocycles. The summed E-state index contributed by atoms with van der Waals surface area (Å²) < 4.78 is 0. The zero-order chi connectivity index (χ0) is 24.8. The van der Waals surface area contributed by atoms with Crippen LogP contribution in [0.4, 0.5) is 0 Å². The zero-order valence-electron chi connectivity index (χ0n) is 21.5. The van der Waals surface area contributed by atoms with Gasteiger partial charge >= 0.3 is 0 Å². The van der Waals surface area contributed by atoms with E-state index in [0.29, 0.717) is 11.8 Å². The second-order valence-electron chi connectivity index (χ2n) is 11.1. The van der Waals surface area contributed by atoms with Gasteiger partial charge in [0.15, 0.2) is 0 Å². The molecule has 0 radical (unpaired) electrons. The zero-order valence-corrected chi connectivity index (χ0v) is 21.5. The Bertz CT molecular complexity index is 1040. The lowest BCUT2D eigenvalue weighted by atomic mass is 9.80. The summed E-state index contributed by atoms with van der Waals surface area (Å²) in [7, 11) is 0. The van der Waals surface area contributed by atoms with Gasteiger partial charge in [0.25, 0.3) is 0 Å². The number of hydrogen-bond acceptors (Lipinski definition) is 3. The maximum Gasteiger partial charge on any atom is 0.115 e. The third-order valence-electron chi connectivity index (χ3n) is 7.54. The van der Waals surface area contributed by atoms with E-state index in [1.165, 1.54) is 29.5 Å². The van der Waals surface area contributed by atoms with Gasteiger partial charge in [-0.25, -0.2) is 0 Å². The van der Waals surface area contributed by atoms with Gasteiger partial charge < -0.3 is 10.2 Å². The van der Waals surface area contributed by atoms with Gasteiger partial charge in [-0.15, -0.1) is 0 Å². The Labute approximate surface area is 211 Å². The SMILES string of the molecule is CC(C)(C)c1ccc(C(O)CCCN2CCCCC2C(c2ccccc2)c2ccc(O)cc2)cc1. The van der Waals surface area contributed by atoms with Crippen LogP contribution in [0.1, 0.15) is 87.2 Å². The van der Waals surface area contributed by atoms with Crippen molar-refractivity contribution in [3.63, 3.8) is 0 Å². The highest BCUT2D eigenvalue weighted by atomic mass is 16.3. The molecule has 0 spiro atoms. The maximum absolute atomic E-state index is 10.9. The molecule has 1 aliphatic rings. The Morgan fingerprint density at radius 2 is 1.46 bits per heavy atom. The van der Waals surface area contributed by atoms with Crippen LogP contribution in [0, 0.1) is 0 Å². The van der Waals surface area contributed by atoms with Crippen molar-refractivity contribution in [2.75, 3.05) is 13.1 Å². The smallest absolute Gasteiger partial charge is 0.115 e. The van der Waals surface area contributed by atoms with Crippen molar-refractivity contribution in [2.24, 2.45) is 0 Å². The van der Waals surface area contributed by atoms with Gasteiger partial charge in [-0.05, 0) is 78.6 Å². The van der Waals surface area contributed by atoms with E-state index in [-0.39, 0.29) is 11.3 Å². The summed E-state index contributed by atoms with van der Waals surface area (Å²) in [6, 6.07) is 27.4. The molecule has 0 aromatic heterocycles. The van der Waals surface area contributed by atoms with E-state index in [1.54, 1.807) is 12.1 Å². The molecule has 35 heavy (non-hydrogen) atoms. The maximum atomic E-state index is 10.9. The molecule has 3 heteroatoms. The minimum atomic E-state index is -0.422. The van der Waals surface area contributed by atoms with Crippen LogP contribution < -0.4 is 0 Å². The van der Waals surface area contributed by atoms with Gasteiger partial charge in [-0.3, -0.25) is 4.90 Å². The molecule has 2 N–H and O–H groups in total. The van der Waals surface area contributed by atoms with Crippen LogP contribution in [0.25, 0.3) is 0 Å². The number of likely N-dealkylation sites (tertiary alicyclic amines) is 1. The predicted molar refractivity (Wildman–Crippen MR) is 145 cm³/mol. The van der Waals surface area contributed by atoms with E-state index < -0.39 is 6.10 Å². The summed E-state index contributed by atoms with van der Waals surface area (Å²) in [4.78, 5) is 2.64. The Kier molecular flexibility index (Phi) is 8.30. The van der Waals surface area contributed by atoms with Gasteiger partial charge in [0.1, 0.15) is 5.75 Å². The topological polar surface area (TPSA) is 43.7 Å². The van der Waals surface area contributed by atoms with Crippen LogP contribution in [-0.4, -0.2) is 34.2 Å². The highest BCUT2D eigenvalue weighted by molar-refractivity contribution is 5.37. The van der Waals surface area contributed by atoms with Crippen LogP contribution in [-0.2, 0) is 5.41 Å². The summed E-state index contributed by atoms with van der Waals surface area (Å²) in [6.45, 7) is 8.74. The molecule has 1 heterocycles. The minimum absolute atomic E-state index is 0.125. The third-order valence-corrected chi connectivity index (χ3v) is 7.54. The van der Waals surface area contributed by atoms with Crippen molar-refractivity contribution >= 4 is 0 Å². The molecular weight excluding hydrogens is 430 g/mol. The molecule has 3 aromatic rings. The summed E-state index contributed by atoms with van der Waals surface area (Å²) >= 11 is 0. The highest BCUT2D eigenvalue weighted by Gasteiger charge is 2.32. The lowest BCUT2D eigenvalue weighted by Gasteiger charge is -2.41. The first kappa shape index (κ1) is 25.5. The quantitative estimate of drug-likeness (QED) is 0.365. The fraction of sp³-hybridized carbons (Fsp3) is 0.438. The van der Waals surface area contributed by atoms with E-state index in [2.05, 4.69) is 92.4 Å². The molecule has 0 saturated carbocycles. The van der Waals surface area contributed by atoms with Gasteiger partial charge in [0, 0.05) is 12.0 Å². The number of nitrogens with zero attached hydrogens (tertiary/aromatic N) is 1. The number of aromatic hydroxyl groups is 1. The van der Waals surface area contributed by atoms with E-state index in [4.69, 9.17) is 0 Å². The standard InChI is InChI=1S/C32H41NO2/c1-32(2,3)27-18-14-24(15-19-27)30(35)13-9-23-33-22-8-7-12-29(33)31(25-10-5-4-6-11-25)26-16-20-28(34)21-17-26/h4-6,10-11,14-21,29-31,34-35H,7-9,12-13,22-23H2,1-3H3. The van der Waals surface area contributed by atoms with Gasteiger partial charge in [-0.2, -0.15) is 0 Å². The molecule has 1 saturated heterocycles. The molecule has 4 rings (SSSR count). The third kappa shape index (κ3) is 6.54. The highest BCUT2D eigenvalue weighted by Crippen LogP contribution is 2.37. The van der Waals surface area contributed by atoms with Crippen molar-refractivity contribution in [3.8, 4) is 5.75 Å². The molecule has 0 amide bonds. The summed E-state index contributed by atoms with van der Waals surface area (Å²) in [5.41, 5.74) is 5.02. The average Bonchev–Trinajstić information content (AvgIpc) is 2.86. The summed E-state index contributed by atoms with van der Waals surface area (Å²) in [5.74, 6) is 0.581. The second-order valence-corrected chi connectivity index (χ2v) is 11.1. The van der Waals surface area contributed by atoms with Crippen molar-refractivity contribution in [2.45, 2.75) is 76.4 Å². The predicted octanol–water partition coefficient (Wildman–Crippen LogP) is 7.19. The first-order valence-corrected chi connectivity index (χ1v) is 13.2. The number of hydrogen-bond donors (Lipinski definition) is 2. The molecule has 3 atom stereocenters. The minimum Gasteiger partial charge on any atom is -0.508 e. The first-order chi connectivity index (χ1) is 16.8. The fourth-order valence-electron chi connectivity index (χ4n) is 5.51. The average molecular weight is 472 g/mol. The lowest BCUT2D eigenvalue weighted by molar-refractivity contribution is 0.115. The number of benzene rings is 3. The Hall–Kier alpha value is -2.62. The van der Waals surface area contributed by atoms with Gasteiger partial charge in [-0.1, -0.05) is 93.9 Å². The van der Waals surface area contributed by atoms with Crippen LogP contribution in [0.2, 0.25) is 0 Å². The van der Waals surface area contributed by atoms with Crippen LogP contribution in [0.3, 0.4) is 0 Å². The summed E-state index contributed by atoms with van der Waals surface area (Å²) in [6.07, 6.45) is 4.95. The monoisotopic (exact) mass is 471 g/mol. The number of phenolic OH excluding ortho intramolecular Hbond substituents is 1. The van der Waals surface area contributed by atoms with Crippen molar-refractivity contribution in [1.82, 2.24) is 4.90 Å². The van der Waals surface area contributed by atoms with E-state index in [1.807, 2.05) is 0 Å². The Balaban J connectivity index is 1.45. The molecule has 186 valence electrons. The fourth-order valence-corrected chi connectivity index (χ4v) is 5.51. The number of phenols is 1. The number of piperidine rings is 1. The largest absolute Gasteiger partial charge is 0.508 e. The molecule has 0 bridgehead atoms. The first-order valence-electron chi connectivity index (χ1n) is 13.2. The molecule has 3 unspecified atom stereocenters. The molecular formula is C32H41NO2. The Morgan fingerprint density at radius 3 is 2.11 bits per heavy atom. The molecule has 0 aliphatic carbocycles. The van der Waals surface area contributed by atoms with Crippen LogP contribution >= 0.6 is 0 Å². The molecule has 3 nitrogen and oxygen atoms in total. The van der Waals surface area contributed by atoms with Crippen molar-refractivity contribution in [1.29, 1.82) is 0 Å². The van der Waals surface area contributed by atoms with Gasteiger partial charge in [0.2, 0.25) is 0 Å². The number of rotatable bonds is 8. The summed E-state index contributed by atoms with van der Waals surface area (Å²) in [5, 5.41) is 20.7. The molecule has 1 aliphatic heterocycles. The van der Waals surface area contributed by atoms with E-state index in [0.717, 1.165) is 37.9 Å². The Morgan fingerprint density at radius 1 is 0.829 bits per heavy atom. The second kappa shape index (κ2) is 11.4. The van der Waals surface area contributed by atoms with E-state index >= 15 is 0 Å². The van der Waals surface area contributed by atoms with Crippen molar-refractivity contribution in [3.05, 3.63) is 101 Å². The van der Waals surface area contributed by atoms with E-state index in [9.17, 15) is 10.2 Å². The normalized spacial score (nSPS) is 18.8. The number of aliphatic hydroxyl groups is 1. The molecule has 1 fully saturated rings. The van der Waals surface area contributed by atoms with Crippen LogP contribution in [0.5, 0.6) is 5.75 Å². The lowest BCUT2D eigenvalue weighted by Crippen LogP contribution is -2.44. The van der Waals surface area contributed by atoms with Crippen molar-refractivity contribution < 1.29 is 10.2 Å². The van der Waals surface area contributed by atoms with Crippen LogP contribution in [0.15, 0.2) is 78.9 Å². The van der Waals surface area contributed by atoms with Gasteiger partial charge in [0.05, 0.1) is 6.10 Å².